The van der Waals surface area contributed by atoms with Gasteiger partial charge in [-0.3, -0.25) is 14.4 Å². The molecule has 1 heterocycles. The lowest BCUT2D eigenvalue weighted by Gasteiger charge is -2.28. The zero-order valence-electron chi connectivity index (χ0n) is 11.8. The van der Waals surface area contributed by atoms with Crippen molar-refractivity contribution in [1.82, 2.24) is 0 Å². The maximum atomic E-state index is 12.2. The van der Waals surface area contributed by atoms with E-state index in [-0.39, 0.29) is 13.2 Å². The maximum Gasteiger partial charge on any atom is 0.321 e. The van der Waals surface area contributed by atoms with Crippen molar-refractivity contribution in [2.24, 2.45) is 11.8 Å². The van der Waals surface area contributed by atoms with E-state index < -0.39 is 35.3 Å². The molecule has 0 amide bonds. The zero-order valence-corrected chi connectivity index (χ0v) is 11.8. The summed E-state index contributed by atoms with van der Waals surface area (Å²) in [5.41, 5.74) is -0.874. The van der Waals surface area contributed by atoms with Gasteiger partial charge in [0.05, 0.1) is 13.2 Å². The zero-order chi connectivity index (χ0) is 14.8. The van der Waals surface area contributed by atoms with Crippen LogP contribution in [-0.4, -0.2) is 36.7 Å². The Morgan fingerprint density at radius 1 is 1.15 bits per heavy atom. The van der Waals surface area contributed by atoms with Crippen LogP contribution in [0.2, 0.25) is 0 Å². The normalized spacial score (nSPS) is 27.4. The van der Waals surface area contributed by atoms with Crippen LogP contribution in [0.3, 0.4) is 0 Å². The fourth-order valence-corrected chi connectivity index (χ4v) is 3.20. The second kappa shape index (κ2) is 5.81. The molecule has 1 aliphatic carbocycles. The van der Waals surface area contributed by atoms with E-state index in [1.165, 1.54) is 0 Å². The molecule has 1 spiro atoms. The number of hydrogen-bond donors (Lipinski definition) is 0. The third kappa shape index (κ3) is 2.39. The van der Waals surface area contributed by atoms with Crippen LogP contribution in [0.15, 0.2) is 0 Å². The van der Waals surface area contributed by atoms with E-state index in [1.54, 1.807) is 13.8 Å². The van der Waals surface area contributed by atoms with Crippen LogP contribution in [0, 0.1) is 11.8 Å². The lowest BCUT2D eigenvalue weighted by Crippen LogP contribution is -2.42. The summed E-state index contributed by atoms with van der Waals surface area (Å²) in [5, 5.41) is 0. The lowest BCUT2D eigenvalue weighted by atomic mass is 9.79. The van der Waals surface area contributed by atoms with Crippen LogP contribution in [0.1, 0.15) is 39.5 Å². The molecule has 0 bridgehead atoms. The van der Waals surface area contributed by atoms with E-state index in [0.29, 0.717) is 12.8 Å². The van der Waals surface area contributed by atoms with Crippen molar-refractivity contribution in [1.29, 1.82) is 0 Å². The average molecular weight is 284 g/mol. The Bertz CT molecular complexity index is 410. The fraction of sp³-hybridized carbons (Fsp3) is 0.786. The minimum Gasteiger partial charge on any atom is -0.466 e. The van der Waals surface area contributed by atoms with Gasteiger partial charge in [0.15, 0.2) is 5.92 Å². The van der Waals surface area contributed by atoms with E-state index in [2.05, 4.69) is 0 Å². The van der Waals surface area contributed by atoms with Gasteiger partial charge in [-0.15, -0.1) is 0 Å². The second-order valence-corrected chi connectivity index (χ2v) is 5.15. The number of carbonyl (C=O) groups excluding carboxylic acids is 3. The summed E-state index contributed by atoms with van der Waals surface area (Å²) in [4.78, 5) is 36.2. The average Bonchev–Trinajstić information content (AvgIpc) is 2.95. The Balaban J connectivity index is 2.31. The van der Waals surface area contributed by atoms with Crippen molar-refractivity contribution in [3.05, 3.63) is 0 Å². The summed E-state index contributed by atoms with van der Waals surface area (Å²) in [6, 6.07) is 0. The van der Waals surface area contributed by atoms with Crippen LogP contribution in [0.25, 0.3) is 0 Å². The highest BCUT2D eigenvalue weighted by Crippen LogP contribution is 2.48. The Morgan fingerprint density at radius 2 is 1.70 bits per heavy atom. The van der Waals surface area contributed by atoms with Gasteiger partial charge < -0.3 is 14.2 Å². The van der Waals surface area contributed by atoms with Crippen molar-refractivity contribution in [3.63, 3.8) is 0 Å². The summed E-state index contributed by atoms with van der Waals surface area (Å²) in [6.45, 7) is 3.71. The molecule has 2 fully saturated rings. The van der Waals surface area contributed by atoms with Crippen LogP contribution >= 0.6 is 0 Å². The van der Waals surface area contributed by atoms with Gasteiger partial charge in [-0.1, -0.05) is 0 Å². The predicted molar refractivity (Wildman–Crippen MR) is 67.5 cm³/mol. The molecule has 1 saturated carbocycles. The molecule has 6 nitrogen and oxygen atoms in total. The molecule has 0 N–H and O–H groups in total. The molecule has 6 heteroatoms. The number of ether oxygens (including phenoxy) is 3. The Labute approximate surface area is 117 Å². The van der Waals surface area contributed by atoms with Crippen molar-refractivity contribution < 1.29 is 28.6 Å². The Morgan fingerprint density at radius 3 is 2.25 bits per heavy atom. The molecule has 0 aromatic carbocycles. The molecule has 0 radical (unpaired) electrons. The molecule has 112 valence electrons. The second-order valence-electron chi connectivity index (χ2n) is 5.15. The first kappa shape index (κ1) is 14.8. The first-order valence-electron chi connectivity index (χ1n) is 7.12. The summed E-state index contributed by atoms with van der Waals surface area (Å²) in [6.07, 6.45) is 2.94. The van der Waals surface area contributed by atoms with Crippen molar-refractivity contribution in [2.75, 3.05) is 13.2 Å². The van der Waals surface area contributed by atoms with Gasteiger partial charge in [0.2, 0.25) is 0 Å². The third-order valence-corrected chi connectivity index (χ3v) is 3.99. The van der Waals surface area contributed by atoms with E-state index >= 15 is 0 Å². The largest absolute Gasteiger partial charge is 0.466 e. The van der Waals surface area contributed by atoms with E-state index in [9.17, 15) is 14.4 Å². The van der Waals surface area contributed by atoms with Crippen LogP contribution < -0.4 is 0 Å². The van der Waals surface area contributed by atoms with Crippen molar-refractivity contribution in [3.8, 4) is 0 Å². The molecule has 0 unspecified atom stereocenters. The SMILES string of the molecule is CCOC(=O)[C@@H]1C(=O)OC2(CCCC2)[C@@H]1C(=O)OCC. The molecular weight excluding hydrogens is 264 g/mol. The van der Waals surface area contributed by atoms with Crippen molar-refractivity contribution >= 4 is 17.9 Å². The van der Waals surface area contributed by atoms with Gasteiger partial charge in [-0.2, -0.15) is 0 Å². The summed E-state index contributed by atoms with van der Waals surface area (Å²) < 4.78 is 15.4. The molecule has 1 aliphatic heterocycles. The maximum absolute atomic E-state index is 12.2. The first-order valence-corrected chi connectivity index (χ1v) is 7.12. The first-order chi connectivity index (χ1) is 9.55. The van der Waals surface area contributed by atoms with Crippen molar-refractivity contribution in [2.45, 2.75) is 45.1 Å². The molecule has 20 heavy (non-hydrogen) atoms. The molecule has 1 saturated heterocycles. The highest BCUT2D eigenvalue weighted by molar-refractivity contribution is 6.02. The number of carbonyl (C=O) groups is 3. The standard InChI is InChI=1S/C14H20O6/c1-3-18-11(15)9-10(13(17)19-4-2)14(20-12(9)16)7-5-6-8-14/h9-10H,3-8H2,1-2H3/t9-,10+/m1/s1. The highest BCUT2D eigenvalue weighted by Gasteiger charge is 2.63. The Kier molecular flexibility index (Phi) is 4.30. The fourth-order valence-electron chi connectivity index (χ4n) is 3.20. The highest BCUT2D eigenvalue weighted by atomic mass is 16.6. The van der Waals surface area contributed by atoms with Gasteiger partial charge in [0, 0.05) is 0 Å². The predicted octanol–water partition coefficient (Wildman–Crippen LogP) is 1.21. The van der Waals surface area contributed by atoms with Crippen LogP contribution in [0.5, 0.6) is 0 Å². The summed E-state index contributed by atoms with van der Waals surface area (Å²) in [7, 11) is 0. The minimum atomic E-state index is -1.19. The van der Waals surface area contributed by atoms with Gasteiger partial charge in [-0.25, -0.2) is 0 Å². The molecular formula is C14H20O6. The number of hydrogen-bond acceptors (Lipinski definition) is 6. The quantitative estimate of drug-likeness (QED) is 0.438. The molecule has 0 aromatic heterocycles. The van der Waals surface area contributed by atoms with Gasteiger partial charge in [0.1, 0.15) is 11.5 Å². The lowest BCUT2D eigenvalue weighted by molar-refractivity contribution is -0.162. The Hall–Kier alpha value is -1.59. The topological polar surface area (TPSA) is 78.9 Å². The molecule has 2 rings (SSSR count). The van der Waals surface area contributed by atoms with E-state index in [1.807, 2.05) is 0 Å². The van der Waals surface area contributed by atoms with Crippen LogP contribution in [-0.2, 0) is 28.6 Å². The van der Waals surface area contributed by atoms with Gasteiger partial charge in [0.25, 0.3) is 0 Å². The summed E-state index contributed by atoms with van der Waals surface area (Å²) in [5.74, 6) is -3.97. The van der Waals surface area contributed by atoms with Gasteiger partial charge >= 0.3 is 17.9 Å². The smallest absolute Gasteiger partial charge is 0.321 e. The molecule has 2 aliphatic rings. The van der Waals surface area contributed by atoms with E-state index in [4.69, 9.17) is 14.2 Å². The monoisotopic (exact) mass is 284 g/mol. The van der Waals surface area contributed by atoms with Crippen LogP contribution in [0.4, 0.5) is 0 Å². The minimum absolute atomic E-state index is 0.158. The molecule has 2 atom stereocenters. The van der Waals surface area contributed by atoms with Gasteiger partial charge in [-0.05, 0) is 39.5 Å². The molecule has 0 aromatic rings. The number of rotatable bonds is 4. The van der Waals surface area contributed by atoms with E-state index in [0.717, 1.165) is 12.8 Å². The number of esters is 3. The third-order valence-electron chi connectivity index (χ3n) is 3.99. The summed E-state index contributed by atoms with van der Waals surface area (Å²) >= 11 is 0.